The van der Waals surface area contributed by atoms with Crippen molar-refractivity contribution in [2.75, 3.05) is 6.54 Å². The number of pyridine rings is 2. The van der Waals surface area contributed by atoms with Gasteiger partial charge in [0.15, 0.2) is 0 Å². The molecule has 0 bridgehead atoms. The van der Waals surface area contributed by atoms with Crippen LogP contribution in [0.25, 0.3) is 16.7 Å². The smallest absolute Gasteiger partial charge is 0.286 e. The Balaban J connectivity index is 1.66. The Morgan fingerprint density at radius 3 is 2.51 bits per heavy atom. The van der Waals surface area contributed by atoms with Crippen molar-refractivity contribution in [1.29, 1.82) is 0 Å². The Hall–Kier alpha value is -3.68. The van der Waals surface area contributed by atoms with Gasteiger partial charge in [-0.3, -0.25) is 19.3 Å². The maximum Gasteiger partial charge on any atom is 0.286 e. The molecular formula is C29H33F2N5O. The number of hydrogen-bond acceptors (Lipinski definition) is 5. The van der Waals surface area contributed by atoms with Gasteiger partial charge in [0, 0.05) is 80.2 Å². The third kappa shape index (κ3) is 5.53. The molecule has 0 atom stereocenters. The van der Waals surface area contributed by atoms with E-state index in [1.54, 1.807) is 23.9 Å². The van der Waals surface area contributed by atoms with Crippen LogP contribution in [0.4, 0.5) is 8.78 Å². The SMILES string of the molecule is CC/C=C(/C(C)=C(/C)c1nc(C)cc(=O)n1C)N1CCc2ncc(-c3ccc(C(C)(F)F)nc3)cc2C1. The molecule has 0 saturated carbocycles. The van der Waals surface area contributed by atoms with Crippen LogP contribution >= 0.6 is 0 Å². The van der Waals surface area contributed by atoms with Crippen LogP contribution in [-0.4, -0.2) is 31.0 Å². The maximum atomic E-state index is 13.6. The number of rotatable bonds is 6. The molecule has 3 aromatic heterocycles. The number of aryl methyl sites for hydroxylation is 1. The molecule has 4 rings (SSSR count). The van der Waals surface area contributed by atoms with Gasteiger partial charge in [0.2, 0.25) is 0 Å². The monoisotopic (exact) mass is 505 g/mol. The maximum absolute atomic E-state index is 13.6. The molecule has 0 aromatic carbocycles. The summed E-state index contributed by atoms with van der Waals surface area (Å²) in [7, 11) is 1.75. The van der Waals surface area contributed by atoms with Crippen LogP contribution in [0.3, 0.4) is 0 Å². The lowest BCUT2D eigenvalue weighted by molar-refractivity contribution is 0.0128. The topological polar surface area (TPSA) is 63.9 Å². The van der Waals surface area contributed by atoms with Crippen molar-refractivity contribution in [3.63, 3.8) is 0 Å². The van der Waals surface area contributed by atoms with Crippen molar-refractivity contribution in [3.05, 3.63) is 92.8 Å². The van der Waals surface area contributed by atoms with Gasteiger partial charge in [0.1, 0.15) is 11.5 Å². The third-order valence-electron chi connectivity index (χ3n) is 6.87. The summed E-state index contributed by atoms with van der Waals surface area (Å²) in [5.41, 5.74) is 7.26. The molecule has 0 spiro atoms. The third-order valence-corrected chi connectivity index (χ3v) is 6.87. The fraction of sp³-hybridized carbons (Fsp3) is 0.379. The fourth-order valence-corrected chi connectivity index (χ4v) is 4.68. The van der Waals surface area contributed by atoms with Crippen molar-refractivity contribution in [1.82, 2.24) is 24.4 Å². The molecule has 4 heterocycles. The van der Waals surface area contributed by atoms with Crippen LogP contribution in [0.2, 0.25) is 0 Å². The molecule has 6 nitrogen and oxygen atoms in total. The lowest BCUT2D eigenvalue weighted by Gasteiger charge is -2.33. The van der Waals surface area contributed by atoms with E-state index in [2.05, 4.69) is 45.8 Å². The fourth-order valence-electron chi connectivity index (χ4n) is 4.68. The highest BCUT2D eigenvalue weighted by Crippen LogP contribution is 2.31. The molecule has 0 fully saturated rings. The zero-order valence-electron chi connectivity index (χ0n) is 22.3. The lowest BCUT2D eigenvalue weighted by atomic mass is 9.98. The molecule has 3 aromatic rings. The number of allylic oxidation sites excluding steroid dienone is 3. The van der Waals surface area contributed by atoms with Crippen LogP contribution in [0.1, 0.15) is 62.6 Å². The number of aromatic nitrogens is 4. The molecule has 0 unspecified atom stereocenters. The normalized spacial score (nSPS) is 14.9. The molecule has 0 aliphatic carbocycles. The van der Waals surface area contributed by atoms with Crippen molar-refractivity contribution in [2.45, 2.75) is 59.9 Å². The Morgan fingerprint density at radius 2 is 1.86 bits per heavy atom. The minimum Gasteiger partial charge on any atom is -0.367 e. The van der Waals surface area contributed by atoms with Crippen LogP contribution < -0.4 is 5.56 Å². The lowest BCUT2D eigenvalue weighted by Crippen LogP contribution is -2.31. The van der Waals surface area contributed by atoms with Crippen molar-refractivity contribution < 1.29 is 8.78 Å². The first-order valence-electron chi connectivity index (χ1n) is 12.5. The summed E-state index contributed by atoms with van der Waals surface area (Å²) in [5.74, 6) is -2.31. The van der Waals surface area contributed by atoms with Crippen LogP contribution in [0.5, 0.6) is 0 Å². The van der Waals surface area contributed by atoms with Gasteiger partial charge in [0.05, 0.1) is 0 Å². The van der Waals surface area contributed by atoms with E-state index in [-0.39, 0.29) is 11.3 Å². The summed E-state index contributed by atoms with van der Waals surface area (Å²) in [4.78, 5) is 28.0. The van der Waals surface area contributed by atoms with Gasteiger partial charge < -0.3 is 4.90 Å². The summed E-state index contributed by atoms with van der Waals surface area (Å²) in [6, 6.07) is 6.66. The van der Waals surface area contributed by atoms with E-state index in [1.807, 2.05) is 13.8 Å². The highest BCUT2D eigenvalue weighted by atomic mass is 19.3. The molecule has 0 radical (unpaired) electrons. The minimum absolute atomic E-state index is 0.0775. The van der Waals surface area contributed by atoms with E-state index in [0.29, 0.717) is 18.1 Å². The van der Waals surface area contributed by atoms with Gasteiger partial charge in [-0.25, -0.2) is 4.98 Å². The predicted molar refractivity (Wildman–Crippen MR) is 142 cm³/mol. The van der Waals surface area contributed by atoms with E-state index < -0.39 is 5.92 Å². The Kier molecular flexibility index (Phi) is 7.39. The molecule has 0 N–H and O–H groups in total. The second-order valence-electron chi connectivity index (χ2n) is 9.69. The van der Waals surface area contributed by atoms with Crippen LogP contribution in [-0.2, 0) is 25.9 Å². The van der Waals surface area contributed by atoms with Gasteiger partial charge in [-0.15, -0.1) is 0 Å². The number of halogens is 2. The molecule has 0 saturated heterocycles. The molecule has 1 aliphatic heterocycles. The van der Waals surface area contributed by atoms with E-state index in [9.17, 15) is 13.6 Å². The average Bonchev–Trinajstić information content (AvgIpc) is 2.87. The van der Waals surface area contributed by atoms with E-state index in [0.717, 1.165) is 65.5 Å². The second kappa shape index (κ2) is 10.4. The highest BCUT2D eigenvalue weighted by molar-refractivity contribution is 5.66. The first kappa shape index (κ1) is 26.4. The molecule has 194 valence electrons. The van der Waals surface area contributed by atoms with Gasteiger partial charge in [-0.05, 0) is 56.0 Å². The Morgan fingerprint density at radius 1 is 1.14 bits per heavy atom. The molecule has 1 aliphatic rings. The Labute approximate surface area is 216 Å². The zero-order valence-corrected chi connectivity index (χ0v) is 22.3. The number of hydrogen-bond donors (Lipinski definition) is 0. The quantitative estimate of drug-likeness (QED) is 0.396. The second-order valence-corrected chi connectivity index (χ2v) is 9.69. The number of nitrogens with zero attached hydrogens (tertiary/aromatic N) is 5. The predicted octanol–water partition coefficient (Wildman–Crippen LogP) is 5.80. The van der Waals surface area contributed by atoms with Crippen LogP contribution in [0, 0.1) is 6.92 Å². The molecule has 8 heteroatoms. The van der Waals surface area contributed by atoms with Gasteiger partial charge in [0.25, 0.3) is 11.5 Å². The highest BCUT2D eigenvalue weighted by Gasteiger charge is 2.26. The summed E-state index contributed by atoms with van der Waals surface area (Å²) < 4.78 is 28.7. The molecular weight excluding hydrogens is 472 g/mol. The van der Waals surface area contributed by atoms with E-state index in [1.165, 1.54) is 18.3 Å². The first-order chi connectivity index (χ1) is 17.5. The number of fused-ring (bicyclic) bond motifs is 1. The van der Waals surface area contributed by atoms with Crippen molar-refractivity contribution >= 4 is 5.57 Å². The molecule has 37 heavy (non-hydrogen) atoms. The summed E-state index contributed by atoms with van der Waals surface area (Å²) >= 11 is 0. The van der Waals surface area contributed by atoms with Crippen molar-refractivity contribution in [3.8, 4) is 11.1 Å². The summed E-state index contributed by atoms with van der Waals surface area (Å²) in [6.45, 7) is 10.4. The van der Waals surface area contributed by atoms with Crippen molar-refractivity contribution in [2.24, 2.45) is 7.05 Å². The molecule has 0 amide bonds. The van der Waals surface area contributed by atoms with E-state index >= 15 is 0 Å². The Bertz CT molecular complexity index is 1430. The largest absolute Gasteiger partial charge is 0.367 e. The summed E-state index contributed by atoms with van der Waals surface area (Å²) in [5, 5.41) is 0. The average molecular weight is 506 g/mol. The van der Waals surface area contributed by atoms with Gasteiger partial charge >= 0.3 is 0 Å². The number of alkyl halides is 2. The zero-order chi connectivity index (χ0) is 26.9. The minimum atomic E-state index is -2.97. The van der Waals surface area contributed by atoms with E-state index in [4.69, 9.17) is 0 Å². The van der Waals surface area contributed by atoms with Gasteiger partial charge in [-0.2, -0.15) is 8.78 Å². The standard InChI is InChI=1S/C29H33F2N5O/c1-7-8-25(19(3)20(4)28-34-18(2)13-27(37)35(28)6)36-12-11-24-23(17-36)14-22(16-32-24)21-9-10-26(33-15-21)29(5,30)31/h8-10,13-16H,7,11-12,17H2,1-6H3/b20-19-,25-8-. The van der Waals surface area contributed by atoms with Gasteiger partial charge in [-0.1, -0.05) is 19.1 Å². The van der Waals surface area contributed by atoms with Crippen LogP contribution in [0.15, 0.2) is 58.8 Å². The summed E-state index contributed by atoms with van der Waals surface area (Å²) in [6.07, 6.45) is 7.14. The first-order valence-corrected chi connectivity index (χ1v) is 12.5.